The molecule has 2 aromatic carbocycles. The summed E-state index contributed by atoms with van der Waals surface area (Å²) >= 11 is 0. The van der Waals surface area contributed by atoms with Gasteiger partial charge in [0.2, 0.25) is 41.4 Å². The standard InChI is InChI=1S/C35H48N8O9/c1-20(2)15-24(33(50)42-25(32(49)39-19-29(38)45)16-21-9-5-3-6-10-21)41-35(52)27(18-30(46)47)43-34(51)26(17-22-11-7-4-8-12-22)40-31(48)23(36)13-14-28(37)44/h3-12,20,23-27H,13-19,36H2,1-2H3,(H2,37,44)(H2,38,45)(H,39,49)(H,40,48)(H,41,52)(H,42,50)(H,43,51)(H,46,47)/t23-,24-,25-,26-,27-/m0/s1. The fourth-order valence-electron chi connectivity index (χ4n) is 5.03. The van der Waals surface area contributed by atoms with E-state index < -0.39 is 90.5 Å². The summed E-state index contributed by atoms with van der Waals surface area (Å²) in [5, 5.41) is 22.0. The molecule has 0 saturated carbocycles. The molecule has 7 amide bonds. The molecule has 2 aromatic rings. The Hall–Kier alpha value is -5.84. The van der Waals surface area contributed by atoms with E-state index in [1.165, 1.54) is 0 Å². The first-order valence-corrected chi connectivity index (χ1v) is 16.7. The van der Waals surface area contributed by atoms with Crippen molar-refractivity contribution in [3.05, 3.63) is 71.8 Å². The maximum Gasteiger partial charge on any atom is 0.305 e. The molecule has 12 N–H and O–H groups in total. The van der Waals surface area contributed by atoms with Gasteiger partial charge in [0.1, 0.15) is 24.2 Å². The highest BCUT2D eigenvalue weighted by molar-refractivity contribution is 5.97. The molecule has 17 heteroatoms. The molecule has 0 radical (unpaired) electrons. The number of benzene rings is 2. The maximum atomic E-state index is 13.6. The van der Waals surface area contributed by atoms with Gasteiger partial charge < -0.3 is 48.9 Å². The van der Waals surface area contributed by atoms with Crippen LogP contribution >= 0.6 is 0 Å². The fraction of sp³-hybridized carbons (Fsp3) is 0.429. The summed E-state index contributed by atoms with van der Waals surface area (Å²) in [6, 6.07) is 10.5. The van der Waals surface area contributed by atoms with Crippen molar-refractivity contribution in [2.75, 3.05) is 6.54 Å². The number of rotatable bonds is 22. The molecule has 0 aliphatic heterocycles. The molecule has 0 fully saturated rings. The van der Waals surface area contributed by atoms with E-state index in [0.717, 1.165) is 0 Å². The maximum absolute atomic E-state index is 13.6. The Labute approximate surface area is 301 Å². The average molecular weight is 725 g/mol. The van der Waals surface area contributed by atoms with Gasteiger partial charge in [0.15, 0.2) is 0 Å². The second-order valence-electron chi connectivity index (χ2n) is 12.6. The van der Waals surface area contributed by atoms with Crippen LogP contribution in [0.2, 0.25) is 0 Å². The highest BCUT2D eigenvalue weighted by Gasteiger charge is 2.33. The molecular weight excluding hydrogens is 676 g/mol. The van der Waals surface area contributed by atoms with Gasteiger partial charge in [0.25, 0.3) is 0 Å². The summed E-state index contributed by atoms with van der Waals surface area (Å²) in [5.41, 5.74) is 17.5. The zero-order valence-corrected chi connectivity index (χ0v) is 29.1. The number of nitrogens with one attached hydrogen (secondary N) is 5. The Morgan fingerprint density at radius 1 is 0.615 bits per heavy atom. The molecule has 17 nitrogen and oxygen atoms in total. The van der Waals surface area contributed by atoms with Crippen LogP contribution in [0, 0.1) is 5.92 Å². The summed E-state index contributed by atoms with van der Waals surface area (Å²) in [5.74, 6) is -7.30. The SMILES string of the molecule is CC(C)C[C@H](NC(=O)[C@H](CC(=O)O)NC(=O)[C@H](Cc1ccccc1)NC(=O)[C@@H](N)CCC(N)=O)C(=O)N[C@@H](Cc1ccccc1)C(=O)NCC(N)=O. The number of carbonyl (C=O) groups excluding carboxylic acids is 7. The van der Waals surface area contributed by atoms with E-state index in [0.29, 0.717) is 11.1 Å². The minimum atomic E-state index is -1.70. The van der Waals surface area contributed by atoms with E-state index in [1.54, 1.807) is 74.5 Å². The molecule has 2 rings (SSSR count). The zero-order chi connectivity index (χ0) is 38.8. The molecule has 0 aliphatic carbocycles. The lowest BCUT2D eigenvalue weighted by molar-refractivity contribution is -0.141. The van der Waals surface area contributed by atoms with E-state index in [2.05, 4.69) is 26.6 Å². The summed E-state index contributed by atoms with van der Waals surface area (Å²) in [6.07, 6.45) is -1.14. The Kier molecular flexibility index (Phi) is 17.4. The largest absolute Gasteiger partial charge is 0.481 e. The Bertz CT molecular complexity index is 1560. The van der Waals surface area contributed by atoms with Crippen LogP contribution in [0.3, 0.4) is 0 Å². The molecule has 52 heavy (non-hydrogen) atoms. The lowest BCUT2D eigenvalue weighted by atomic mass is 10.00. The quantitative estimate of drug-likeness (QED) is 0.0652. The van der Waals surface area contributed by atoms with Crippen molar-refractivity contribution >= 4 is 47.3 Å². The van der Waals surface area contributed by atoms with Crippen molar-refractivity contribution in [1.82, 2.24) is 26.6 Å². The van der Waals surface area contributed by atoms with Gasteiger partial charge in [0.05, 0.1) is 19.0 Å². The van der Waals surface area contributed by atoms with Crippen LogP contribution in [-0.2, 0) is 51.2 Å². The number of carbonyl (C=O) groups is 8. The lowest BCUT2D eigenvalue weighted by Crippen LogP contribution is -2.60. The number of carboxylic acid groups (broad SMARTS) is 1. The van der Waals surface area contributed by atoms with Crippen LogP contribution in [0.25, 0.3) is 0 Å². The van der Waals surface area contributed by atoms with Crippen LogP contribution < -0.4 is 43.8 Å². The molecular formula is C35H48N8O9. The fourth-order valence-corrected chi connectivity index (χ4v) is 5.03. The highest BCUT2D eigenvalue weighted by atomic mass is 16.4. The van der Waals surface area contributed by atoms with Gasteiger partial charge in [0, 0.05) is 19.3 Å². The monoisotopic (exact) mass is 724 g/mol. The van der Waals surface area contributed by atoms with E-state index in [9.17, 15) is 43.5 Å². The van der Waals surface area contributed by atoms with E-state index in [1.807, 2.05) is 0 Å². The van der Waals surface area contributed by atoms with Crippen molar-refractivity contribution in [2.24, 2.45) is 23.1 Å². The second kappa shape index (κ2) is 21.4. The molecule has 5 atom stereocenters. The normalized spacial score (nSPS) is 13.7. The van der Waals surface area contributed by atoms with E-state index in [-0.39, 0.29) is 38.0 Å². The van der Waals surface area contributed by atoms with E-state index in [4.69, 9.17) is 17.2 Å². The molecule has 0 bridgehead atoms. The van der Waals surface area contributed by atoms with Crippen molar-refractivity contribution in [3.63, 3.8) is 0 Å². The Morgan fingerprint density at radius 3 is 1.54 bits per heavy atom. The second-order valence-corrected chi connectivity index (χ2v) is 12.6. The van der Waals surface area contributed by atoms with Crippen LogP contribution in [0.1, 0.15) is 50.7 Å². The molecule has 282 valence electrons. The average Bonchev–Trinajstić information content (AvgIpc) is 3.08. The van der Waals surface area contributed by atoms with Gasteiger partial charge in [-0.3, -0.25) is 38.4 Å². The number of amides is 7. The van der Waals surface area contributed by atoms with Crippen LogP contribution in [0.15, 0.2) is 60.7 Å². The minimum Gasteiger partial charge on any atom is -0.481 e. The molecule has 0 aromatic heterocycles. The smallest absolute Gasteiger partial charge is 0.305 e. The molecule has 0 heterocycles. The van der Waals surface area contributed by atoms with Crippen molar-refractivity contribution in [3.8, 4) is 0 Å². The predicted octanol–water partition coefficient (Wildman–Crippen LogP) is -1.87. The molecule has 0 spiro atoms. The third kappa shape index (κ3) is 15.8. The van der Waals surface area contributed by atoms with Crippen molar-refractivity contribution in [1.29, 1.82) is 0 Å². The van der Waals surface area contributed by atoms with Gasteiger partial charge in [-0.15, -0.1) is 0 Å². The third-order valence-corrected chi connectivity index (χ3v) is 7.66. The minimum absolute atomic E-state index is 0.0257. The first-order valence-electron chi connectivity index (χ1n) is 16.7. The Morgan fingerprint density at radius 2 is 1.06 bits per heavy atom. The highest BCUT2D eigenvalue weighted by Crippen LogP contribution is 2.10. The van der Waals surface area contributed by atoms with Gasteiger partial charge >= 0.3 is 5.97 Å². The van der Waals surface area contributed by atoms with Gasteiger partial charge in [-0.25, -0.2) is 0 Å². The number of aliphatic carboxylic acids is 1. The summed E-state index contributed by atoms with van der Waals surface area (Å²) < 4.78 is 0. The van der Waals surface area contributed by atoms with Crippen LogP contribution in [-0.4, -0.2) is 89.2 Å². The Balaban J connectivity index is 2.31. The number of hydrogen-bond acceptors (Lipinski definition) is 9. The third-order valence-electron chi connectivity index (χ3n) is 7.66. The first kappa shape index (κ1) is 42.3. The molecule has 0 aliphatic rings. The first-order chi connectivity index (χ1) is 24.5. The molecule has 0 unspecified atom stereocenters. The van der Waals surface area contributed by atoms with E-state index >= 15 is 0 Å². The van der Waals surface area contributed by atoms with Gasteiger partial charge in [-0.2, -0.15) is 0 Å². The number of carboxylic acids is 1. The number of nitrogens with two attached hydrogens (primary N) is 3. The molecule has 0 saturated heterocycles. The zero-order valence-electron chi connectivity index (χ0n) is 29.1. The van der Waals surface area contributed by atoms with Gasteiger partial charge in [-0.1, -0.05) is 74.5 Å². The van der Waals surface area contributed by atoms with Crippen LogP contribution in [0.4, 0.5) is 0 Å². The summed E-state index contributed by atoms with van der Waals surface area (Å²) in [7, 11) is 0. The van der Waals surface area contributed by atoms with Gasteiger partial charge in [-0.05, 0) is 29.9 Å². The predicted molar refractivity (Wildman–Crippen MR) is 188 cm³/mol. The van der Waals surface area contributed by atoms with Crippen molar-refractivity contribution in [2.45, 2.75) is 82.6 Å². The lowest BCUT2D eigenvalue weighted by Gasteiger charge is -2.27. The number of hydrogen-bond donors (Lipinski definition) is 9. The summed E-state index contributed by atoms with van der Waals surface area (Å²) in [6.45, 7) is 3.07. The summed E-state index contributed by atoms with van der Waals surface area (Å²) in [4.78, 5) is 101. The van der Waals surface area contributed by atoms with Crippen molar-refractivity contribution < 1.29 is 43.5 Å². The number of primary amides is 2. The van der Waals surface area contributed by atoms with Crippen LogP contribution in [0.5, 0.6) is 0 Å². The topological polar surface area (TPSA) is 295 Å².